The number of para-hydroxylation sites is 1. The molecule has 0 radical (unpaired) electrons. The quantitative estimate of drug-likeness (QED) is 0.420. The summed E-state index contributed by atoms with van der Waals surface area (Å²) in [5.74, 6) is 0.107. The fraction of sp³-hybridized carbons (Fsp3) is 0.240. The van der Waals surface area contributed by atoms with E-state index in [2.05, 4.69) is 20.5 Å². The van der Waals surface area contributed by atoms with Gasteiger partial charge in [0.15, 0.2) is 5.82 Å². The largest absolute Gasteiger partial charge is 0.358 e. The minimum atomic E-state index is -0.711. The van der Waals surface area contributed by atoms with Gasteiger partial charge in [-0.3, -0.25) is 19.6 Å². The maximum atomic E-state index is 13.3. The monoisotopic (exact) mass is 429 g/mol. The molecular weight excluding hydrogens is 402 g/mol. The van der Waals surface area contributed by atoms with Crippen molar-refractivity contribution in [3.8, 4) is 0 Å². The first-order chi connectivity index (χ1) is 15.4. The number of likely N-dealkylation sites (N-methyl/N-ethyl adjacent to an activating group) is 1. The van der Waals surface area contributed by atoms with E-state index < -0.39 is 6.04 Å². The van der Waals surface area contributed by atoms with E-state index in [9.17, 15) is 9.59 Å². The van der Waals surface area contributed by atoms with E-state index in [1.54, 1.807) is 13.1 Å². The molecule has 1 atom stereocenters. The van der Waals surface area contributed by atoms with Crippen LogP contribution in [0.5, 0.6) is 0 Å². The number of carbonyl (C=O) groups excluding carboxylic acids is 2. The highest BCUT2D eigenvalue weighted by molar-refractivity contribution is 5.99. The van der Waals surface area contributed by atoms with Crippen molar-refractivity contribution in [2.24, 2.45) is 0 Å². The summed E-state index contributed by atoms with van der Waals surface area (Å²) in [4.78, 5) is 31.2. The van der Waals surface area contributed by atoms with E-state index in [4.69, 9.17) is 0 Å². The Hall–Kier alpha value is -3.87. The van der Waals surface area contributed by atoms with Gasteiger partial charge in [0.05, 0.1) is 6.42 Å². The Morgan fingerprint density at radius 1 is 1.06 bits per heavy atom. The Bertz CT molecular complexity index is 1240. The minimum absolute atomic E-state index is 0.194. The molecule has 0 bridgehead atoms. The molecule has 7 heteroatoms. The fourth-order valence-electron chi connectivity index (χ4n) is 3.94. The number of aromatic nitrogens is 3. The van der Waals surface area contributed by atoms with Gasteiger partial charge in [-0.15, -0.1) is 0 Å². The lowest BCUT2D eigenvalue weighted by Gasteiger charge is -2.23. The van der Waals surface area contributed by atoms with Crippen LogP contribution in [0, 0.1) is 13.8 Å². The second kappa shape index (κ2) is 9.09. The normalized spacial score (nSPS) is 12.0. The van der Waals surface area contributed by atoms with Gasteiger partial charge in [0, 0.05) is 41.8 Å². The lowest BCUT2D eigenvalue weighted by atomic mass is 10.0. The number of benzene rings is 2. The van der Waals surface area contributed by atoms with Crippen LogP contribution >= 0.6 is 0 Å². The number of carbonyl (C=O) groups is 2. The topological polar surface area (TPSA) is 93.9 Å². The Morgan fingerprint density at radius 2 is 1.78 bits per heavy atom. The Morgan fingerprint density at radius 3 is 2.50 bits per heavy atom. The molecule has 4 rings (SSSR count). The van der Waals surface area contributed by atoms with E-state index in [1.165, 1.54) is 4.90 Å². The van der Waals surface area contributed by atoms with Crippen LogP contribution in [0.1, 0.15) is 22.5 Å². The number of amides is 2. The van der Waals surface area contributed by atoms with Gasteiger partial charge in [0.2, 0.25) is 5.91 Å². The van der Waals surface area contributed by atoms with Crippen LogP contribution in [0.2, 0.25) is 0 Å². The van der Waals surface area contributed by atoms with Crippen molar-refractivity contribution in [3.63, 3.8) is 0 Å². The van der Waals surface area contributed by atoms with Gasteiger partial charge in [-0.25, -0.2) is 0 Å². The van der Waals surface area contributed by atoms with Gasteiger partial charge < -0.3 is 10.3 Å². The van der Waals surface area contributed by atoms with Gasteiger partial charge >= 0.3 is 0 Å². The summed E-state index contributed by atoms with van der Waals surface area (Å²) in [5.41, 5.74) is 4.73. The highest BCUT2D eigenvalue weighted by atomic mass is 16.2. The zero-order valence-corrected chi connectivity index (χ0v) is 18.5. The first kappa shape index (κ1) is 21.4. The summed E-state index contributed by atoms with van der Waals surface area (Å²) in [5, 5.41) is 11.0. The van der Waals surface area contributed by atoms with Gasteiger partial charge in [-0.1, -0.05) is 48.5 Å². The molecule has 0 unspecified atom stereocenters. The molecule has 2 aromatic carbocycles. The second-order valence-corrected chi connectivity index (χ2v) is 8.07. The van der Waals surface area contributed by atoms with Crippen LogP contribution < -0.4 is 10.2 Å². The average Bonchev–Trinajstić information content (AvgIpc) is 3.36. The van der Waals surface area contributed by atoms with Crippen LogP contribution in [0.3, 0.4) is 0 Å². The number of hydrogen-bond acceptors (Lipinski definition) is 3. The predicted octanol–water partition coefficient (Wildman–Crippen LogP) is 3.44. The van der Waals surface area contributed by atoms with Crippen LogP contribution in [-0.2, 0) is 22.4 Å². The van der Waals surface area contributed by atoms with E-state index >= 15 is 0 Å². The number of nitrogens with one attached hydrogen (secondary N) is 3. The number of aromatic amines is 2. The number of H-pyrrole nitrogens is 2. The summed E-state index contributed by atoms with van der Waals surface area (Å²) in [6, 6.07) is 18.7. The van der Waals surface area contributed by atoms with Crippen molar-refractivity contribution >= 4 is 28.5 Å². The molecule has 2 aromatic heterocycles. The predicted molar refractivity (Wildman–Crippen MR) is 126 cm³/mol. The first-order valence-corrected chi connectivity index (χ1v) is 10.6. The molecule has 2 amide bonds. The van der Waals surface area contributed by atoms with Crippen molar-refractivity contribution < 1.29 is 9.59 Å². The molecule has 4 aromatic rings. The maximum absolute atomic E-state index is 13.3. The number of rotatable bonds is 7. The molecule has 3 N–H and O–H groups in total. The lowest BCUT2D eigenvalue weighted by molar-refractivity contribution is -0.127. The van der Waals surface area contributed by atoms with E-state index in [1.807, 2.05) is 68.4 Å². The summed E-state index contributed by atoms with van der Waals surface area (Å²) in [7, 11) is 1.67. The third-order valence-corrected chi connectivity index (χ3v) is 5.65. The molecule has 0 saturated carbocycles. The Kier molecular flexibility index (Phi) is 6.07. The third kappa shape index (κ3) is 4.56. The molecule has 164 valence electrons. The van der Waals surface area contributed by atoms with Gasteiger partial charge in [0.25, 0.3) is 5.91 Å². The van der Waals surface area contributed by atoms with E-state index in [0.717, 1.165) is 33.4 Å². The van der Waals surface area contributed by atoms with Crippen molar-refractivity contribution in [3.05, 3.63) is 83.2 Å². The maximum Gasteiger partial charge on any atom is 0.250 e. The molecule has 2 heterocycles. The fourth-order valence-corrected chi connectivity index (χ4v) is 3.94. The second-order valence-electron chi connectivity index (χ2n) is 8.07. The molecule has 0 saturated heterocycles. The summed E-state index contributed by atoms with van der Waals surface area (Å²) < 4.78 is 0. The average molecular weight is 430 g/mol. The number of nitrogens with zero attached hydrogens (tertiary/aromatic N) is 2. The number of anilines is 1. The summed E-state index contributed by atoms with van der Waals surface area (Å²) in [6.45, 7) is 3.84. The van der Waals surface area contributed by atoms with Crippen molar-refractivity contribution in [2.75, 3.05) is 11.9 Å². The van der Waals surface area contributed by atoms with Crippen LogP contribution in [-0.4, -0.2) is 40.1 Å². The molecule has 0 aliphatic rings. The molecule has 7 nitrogen and oxygen atoms in total. The standard InChI is InChI=1S/C25H27N5O2/c1-16-13-23(29-28-16)30(3)25(32)22(14-18-9-5-4-6-10-18)27-24(31)15-20-17(2)26-21-12-8-7-11-19(20)21/h4-13,22,26H,14-15H2,1-3H3,(H,27,31)(H,28,29)/t22-/m0/s1. The van der Waals surface area contributed by atoms with Gasteiger partial charge in [-0.05, 0) is 31.0 Å². The van der Waals surface area contributed by atoms with Crippen LogP contribution in [0.15, 0.2) is 60.7 Å². The smallest absolute Gasteiger partial charge is 0.250 e. The zero-order valence-electron chi connectivity index (χ0n) is 18.5. The van der Waals surface area contributed by atoms with Crippen molar-refractivity contribution in [1.29, 1.82) is 0 Å². The Labute approximate surface area is 186 Å². The van der Waals surface area contributed by atoms with E-state index in [0.29, 0.717) is 12.2 Å². The number of hydrogen-bond donors (Lipinski definition) is 3. The highest BCUT2D eigenvalue weighted by Crippen LogP contribution is 2.22. The Balaban J connectivity index is 1.55. The van der Waals surface area contributed by atoms with Crippen LogP contribution in [0.25, 0.3) is 10.9 Å². The lowest BCUT2D eigenvalue weighted by Crippen LogP contribution is -2.49. The van der Waals surface area contributed by atoms with E-state index in [-0.39, 0.29) is 18.2 Å². The number of aryl methyl sites for hydroxylation is 2. The van der Waals surface area contributed by atoms with Crippen LogP contribution in [0.4, 0.5) is 5.82 Å². The number of fused-ring (bicyclic) bond motifs is 1. The SMILES string of the molecule is Cc1cc(N(C)C(=O)[C@H](Cc2ccccc2)NC(=O)Cc2c(C)[nH]c3ccccc23)n[nH]1. The summed E-state index contributed by atoms with van der Waals surface area (Å²) >= 11 is 0. The molecule has 0 aliphatic heterocycles. The van der Waals surface area contributed by atoms with Gasteiger partial charge in [-0.2, -0.15) is 5.10 Å². The van der Waals surface area contributed by atoms with Crippen molar-refractivity contribution in [1.82, 2.24) is 20.5 Å². The minimum Gasteiger partial charge on any atom is -0.358 e. The van der Waals surface area contributed by atoms with Crippen molar-refractivity contribution in [2.45, 2.75) is 32.7 Å². The first-order valence-electron chi connectivity index (χ1n) is 10.6. The zero-order chi connectivity index (χ0) is 22.7. The molecule has 0 aliphatic carbocycles. The third-order valence-electron chi connectivity index (χ3n) is 5.65. The molecule has 0 fully saturated rings. The molecule has 0 spiro atoms. The highest BCUT2D eigenvalue weighted by Gasteiger charge is 2.27. The summed E-state index contributed by atoms with van der Waals surface area (Å²) in [6.07, 6.45) is 0.589. The molecule has 32 heavy (non-hydrogen) atoms. The van der Waals surface area contributed by atoms with Gasteiger partial charge in [0.1, 0.15) is 6.04 Å². The molecular formula is C25H27N5O2.